The number of carbonyl (C=O) groups excluding carboxylic acids is 2. The molecule has 0 saturated carbocycles. The van der Waals surface area contributed by atoms with Gasteiger partial charge in [0.05, 0.1) is 13.2 Å². The van der Waals surface area contributed by atoms with Gasteiger partial charge in [0.15, 0.2) is 0 Å². The number of carbonyl (C=O) groups is 2. The first-order valence-electron chi connectivity index (χ1n) is 5.93. The Morgan fingerprint density at radius 3 is 2.47 bits per heavy atom. The van der Waals surface area contributed by atoms with Gasteiger partial charge >= 0.3 is 0 Å². The van der Waals surface area contributed by atoms with Crippen LogP contribution in [0.4, 0.5) is 0 Å². The van der Waals surface area contributed by atoms with Crippen molar-refractivity contribution in [2.45, 2.75) is 31.5 Å². The van der Waals surface area contributed by atoms with Crippen molar-refractivity contribution in [2.24, 2.45) is 0 Å². The maximum absolute atomic E-state index is 11.8. The van der Waals surface area contributed by atoms with Crippen LogP contribution in [-0.4, -0.2) is 60.4 Å². The summed E-state index contributed by atoms with van der Waals surface area (Å²) in [5.74, 6) is -0.434. The zero-order valence-corrected chi connectivity index (χ0v) is 9.63. The molecule has 0 spiro atoms. The van der Waals surface area contributed by atoms with Crippen molar-refractivity contribution in [3.8, 4) is 0 Å². The van der Waals surface area contributed by atoms with Crippen LogP contribution in [0.5, 0.6) is 0 Å². The predicted molar refractivity (Wildman–Crippen MR) is 57.1 cm³/mol. The number of morpholine rings is 1. The zero-order valence-electron chi connectivity index (χ0n) is 9.63. The maximum atomic E-state index is 11.8. The molecule has 0 aromatic heterocycles. The van der Waals surface area contributed by atoms with E-state index in [0.717, 1.165) is 0 Å². The van der Waals surface area contributed by atoms with Crippen LogP contribution in [0.2, 0.25) is 0 Å². The van der Waals surface area contributed by atoms with Crippen molar-refractivity contribution in [1.29, 1.82) is 0 Å². The zero-order chi connectivity index (χ0) is 12.3. The Morgan fingerprint density at radius 1 is 1.24 bits per heavy atom. The van der Waals surface area contributed by atoms with Crippen molar-refractivity contribution in [1.82, 2.24) is 4.90 Å². The minimum absolute atomic E-state index is 0.0143. The van der Waals surface area contributed by atoms with Crippen molar-refractivity contribution in [3.63, 3.8) is 0 Å². The summed E-state index contributed by atoms with van der Waals surface area (Å²) in [5.41, 5.74) is 0. The molecule has 2 unspecified atom stereocenters. The fourth-order valence-electron chi connectivity index (χ4n) is 2.17. The highest BCUT2D eigenvalue weighted by atomic mass is 16.5. The van der Waals surface area contributed by atoms with E-state index in [0.29, 0.717) is 32.4 Å². The second kappa shape index (κ2) is 5.57. The summed E-state index contributed by atoms with van der Waals surface area (Å²) in [6, 6.07) is 0. The minimum atomic E-state index is -0.420. The summed E-state index contributed by atoms with van der Waals surface area (Å²) in [6.45, 7) is 1.09. The Bertz CT molecular complexity index is 284. The number of rotatable bonds is 6. The molecule has 96 valence electrons. The average molecular weight is 243 g/mol. The molecule has 2 bridgehead atoms. The summed E-state index contributed by atoms with van der Waals surface area (Å²) in [6.07, 6.45) is 1.04. The number of amides is 2. The van der Waals surface area contributed by atoms with Gasteiger partial charge < -0.3 is 14.6 Å². The highest BCUT2D eigenvalue weighted by molar-refractivity contribution is 6.02. The number of ether oxygens (including phenoxy) is 2. The first-order valence-corrected chi connectivity index (χ1v) is 5.93. The van der Waals surface area contributed by atoms with Gasteiger partial charge in [-0.15, -0.1) is 0 Å². The van der Waals surface area contributed by atoms with Crippen LogP contribution in [0.25, 0.3) is 0 Å². The first-order chi connectivity index (χ1) is 8.24. The summed E-state index contributed by atoms with van der Waals surface area (Å²) < 4.78 is 10.4. The van der Waals surface area contributed by atoms with E-state index >= 15 is 0 Å². The van der Waals surface area contributed by atoms with E-state index < -0.39 is 12.2 Å². The number of likely N-dealkylation sites (tertiary alicyclic amines) is 1. The van der Waals surface area contributed by atoms with E-state index in [4.69, 9.17) is 14.6 Å². The lowest BCUT2D eigenvalue weighted by atomic mass is 10.2. The van der Waals surface area contributed by atoms with E-state index in [-0.39, 0.29) is 25.0 Å². The third-order valence-electron chi connectivity index (χ3n) is 3.01. The van der Waals surface area contributed by atoms with Crippen molar-refractivity contribution < 1.29 is 24.2 Å². The van der Waals surface area contributed by atoms with Crippen molar-refractivity contribution in [2.75, 3.05) is 26.4 Å². The fraction of sp³-hybridized carbons (Fsp3) is 0.818. The normalized spacial score (nSPS) is 27.9. The molecule has 2 rings (SSSR count). The molecule has 2 amide bonds. The van der Waals surface area contributed by atoms with Gasteiger partial charge in [-0.25, -0.2) is 0 Å². The largest absolute Gasteiger partial charge is 0.394 e. The molecule has 1 N–H and O–H groups in total. The molecule has 2 fully saturated rings. The molecule has 2 atom stereocenters. The van der Waals surface area contributed by atoms with Gasteiger partial charge in [-0.1, -0.05) is 0 Å². The van der Waals surface area contributed by atoms with Crippen LogP contribution in [0.15, 0.2) is 0 Å². The molecule has 0 radical (unpaired) electrons. The predicted octanol–water partition coefficient (Wildman–Crippen LogP) is -0.698. The highest BCUT2D eigenvalue weighted by Gasteiger charge is 2.45. The molecule has 2 aliphatic rings. The smallest absolute Gasteiger partial charge is 0.258 e. The summed E-state index contributed by atoms with van der Waals surface area (Å²) >= 11 is 0. The molecule has 2 saturated heterocycles. The lowest BCUT2D eigenvalue weighted by Gasteiger charge is -2.29. The van der Waals surface area contributed by atoms with E-state index in [2.05, 4.69) is 0 Å². The highest BCUT2D eigenvalue weighted by Crippen LogP contribution is 2.28. The van der Waals surface area contributed by atoms with Crippen molar-refractivity contribution >= 4 is 11.8 Å². The third-order valence-corrected chi connectivity index (χ3v) is 3.01. The number of hydrogen-bond acceptors (Lipinski definition) is 5. The van der Waals surface area contributed by atoms with Crippen LogP contribution >= 0.6 is 0 Å². The van der Waals surface area contributed by atoms with Gasteiger partial charge in [-0.05, 0) is 19.3 Å². The monoisotopic (exact) mass is 243 g/mol. The lowest BCUT2D eigenvalue weighted by molar-refractivity contribution is -0.168. The third kappa shape index (κ3) is 2.65. The Hall–Kier alpha value is -0.980. The number of hydrogen-bond donors (Lipinski definition) is 1. The molecule has 6 heteroatoms. The van der Waals surface area contributed by atoms with E-state index in [1.165, 1.54) is 4.90 Å². The van der Waals surface area contributed by atoms with Crippen LogP contribution in [-0.2, 0) is 19.1 Å². The van der Waals surface area contributed by atoms with Gasteiger partial charge in [0.1, 0.15) is 12.2 Å². The summed E-state index contributed by atoms with van der Waals surface area (Å²) in [5, 5.41) is 8.52. The quantitative estimate of drug-likeness (QED) is 0.493. The summed E-state index contributed by atoms with van der Waals surface area (Å²) in [4.78, 5) is 24.9. The van der Waals surface area contributed by atoms with Gasteiger partial charge in [0, 0.05) is 13.2 Å². The van der Waals surface area contributed by atoms with Crippen LogP contribution in [0, 0.1) is 0 Å². The SMILES string of the molecule is O=C1C2CCC(O2)C(=O)N1CCCOCCO. The van der Waals surface area contributed by atoms with Crippen LogP contribution in [0.3, 0.4) is 0 Å². The average Bonchev–Trinajstić information content (AvgIpc) is 2.77. The molecule has 2 heterocycles. The molecular weight excluding hydrogens is 226 g/mol. The minimum Gasteiger partial charge on any atom is -0.394 e. The number of aliphatic hydroxyl groups is 1. The van der Waals surface area contributed by atoms with Gasteiger partial charge in [0.2, 0.25) is 0 Å². The molecular formula is C11H17NO5. The first kappa shape index (κ1) is 12.5. The number of imide groups is 1. The van der Waals surface area contributed by atoms with Gasteiger partial charge in [-0.2, -0.15) is 0 Å². The molecule has 0 aromatic carbocycles. The van der Waals surface area contributed by atoms with E-state index in [9.17, 15) is 9.59 Å². The molecule has 0 aliphatic carbocycles. The standard InChI is InChI=1S/C11H17NO5/c13-5-7-16-6-1-4-12-10(14)8-2-3-9(17-8)11(12)15/h8-9,13H,1-7H2. The lowest BCUT2D eigenvalue weighted by Crippen LogP contribution is -2.52. The Kier molecular flexibility index (Phi) is 4.09. The van der Waals surface area contributed by atoms with Crippen LogP contribution in [0.1, 0.15) is 19.3 Å². The maximum Gasteiger partial charge on any atom is 0.258 e. The van der Waals surface area contributed by atoms with Gasteiger partial charge in [0.25, 0.3) is 11.8 Å². The van der Waals surface area contributed by atoms with Crippen molar-refractivity contribution in [3.05, 3.63) is 0 Å². The second-order valence-electron chi connectivity index (χ2n) is 4.21. The van der Waals surface area contributed by atoms with E-state index in [1.807, 2.05) is 0 Å². The van der Waals surface area contributed by atoms with Crippen LogP contribution < -0.4 is 0 Å². The Labute approximate surface area is 99.5 Å². The summed E-state index contributed by atoms with van der Waals surface area (Å²) in [7, 11) is 0. The number of fused-ring (bicyclic) bond motifs is 2. The number of nitrogens with zero attached hydrogens (tertiary/aromatic N) is 1. The topological polar surface area (TPSA) is 76.1 Å². The number of aliphatic hydroxyl groups excluding tert-OH is 1. The molecule has 17 heavy (non-hydrogen) atoms. The fourth-order valence-corrected chi connectivity index (χ4v) is 2.17. The van der Waals surface area contributed by atoms with Gasteiger partial charge in [-0.3, -0.25) is 14.5 Å². The Morgan fingerprint density at radius 2 is 1.88 bits per heavy atom. The Balaban J connectivity index is 1.79. The van der Waals surface area contributed by atoms with E-state index in [1.54, 1.807) is 0 Å². The molecule has 2 aliphatic heterocycles. The molecule has 6 nitrogen and oxygen atoms in total. The second-order valence-corrected chi connectivity index (χ2v) is 4.21. The molecule has 0 aromatic rings.